The van der Waals surface area contributed by atoms with E-state index in [1.807, 2.05) is 21.0 Å². The van der Waals surface area contributed by atoms with Gasteiger partial charge in [0.2, 0.25) is 0 Å². The summed E-state index contributed by atoms with van der Waals surface area (Å²) in [5.41, 5.74) is 0. The molecule has 2 nitrogen and oxygen atoms in total. The quantitative estimate of drug-likeness (QED) is 0.161. The molecule has 0 aromatic carbocycles. The fraction of sp³-hybridized carbons (Fsp3) is 1.00. The van der Waals surface area contributed by atoms with Crippen LogP contribution in [0.4, 0.5) is 0 Å². The highest BCUT2D eigenvalue weighted by Gasteiger charge is 2.39. The first-order valence-corrected chi connectivity index (χ1v) is 8.99. The molecule has 0 radical (unpaired) electrons. The zero-order valence-electron chi connectivity index (χ0n) is 14.3. The first-order chi connectivity index (χ1) is 9.37. The van der Waals surface area contributed by atoms with Crippen LogP contribution in [-0.2, 0) is 0 Å². The number of halogens is 1. The van der Waals surface area contributed by atoms with Crippen LogP contribution in [0.5, 0.6) is 0 Å². The Kier molecular flexibility index (Phi) is 11.0. The van der Waals surface area contributed by atoms with Crippen LogP contribution >= 0.6 is 11.6 Å². The first-order valence-electron chi connectivity index (χ1n) is 8.61. The fourth-order valence-corrected chi connectivity index (χ4v) is 2.68. The van der Waals surface area contributed by atoms with Gasteiger partial charge in [-0.05, 0) is 24.4 Å². The van der Waals surface area contributed by atoms with Gasteiger partial charge in [-0.3, -0.25) is 4.48 Å². The van der Waals surface area contributed by atoms with Crippen molar-refractivity contribution in [2.75, 3.05) is 20.6 Å². The van der Waals surface area contributed by atoms with Gasteiger partial charge in [0.15, 0.2) is 0 Å². The second-order valence-corrected chi connectivity index (χ2v) is 7.27. The summed E-state index contributed by atoms with van der Waals surface area (Å²) < 4.78 is 0.488. The van der Waals surface area contributed by atoms with Crippen LogP contribution < -0.4 is 0 Å². The van der Waals surface area contributed by atoms with Gasteiger partial charge in [0, 0.05) is 6.42 Å². The second-order valence-electron chi connectivity index (χ2n) is 6.66. The molecule has 0 aliphatic rings. The SMILES string of the molecule is CCCCCCCCCCCC[N+](C)(C)C(O)(Cl)CC. The standard InChI is InChI=1S/C17H37ClNO/c1-5-7-8-9-10-11-12-13-14-15-16-19(3,4)17(18,20)6-2/h20H,5-16H2,1-4H3/q+1. The van der Waals surface area contributed by atoms with Gasteiger partial charge >= 0.3 is 0 Å². The van der Waals surface area contributed by atoms with Crippen molar-refractivity contribution in [3.63, 3.8) is 0 Å². The summed E-state index contributed by atoms with van der Waals surface area (Å²) in [6.07, 6.45) is 14.0. The minimum absolute atomic E-state index is 0.488. The van der Waals surface area contributed by atoms with Crippen molar-refractivity contribution in [1.29, 1.82) is 0 Å². The number of hydrogen-bond acceptors (Lipinski definition) is 1. The lowest BCUT2D eigenvalue weighted by atomic mass is 10.1. The van der Waals surface area contributed by atoms with Crippen molar-refractivity contribution in [2.45, 2.75) is 89.7 Å². The predicted octanol–water partition coefficient (Wildman–Crippen LogP) is 5.28. The van der Waals surface area contributed by atoms with Crippen LogP contribution in [-0.4, -0.2) is 35.4 Å². The number of unbranched alkanes of at least 4 members (excludes halogenated alkanes) is 9. The molecular weight excluding hydrogens is 270 g/mol. The van der Waals surface area contributed by atoms with E-state index < -0.39 is 5.18 Å². The topological polar surface area (TPSA) is 20.2 Å². The zero-order valence-corrected chi connectivity index (χ0v) is 15.0. The predicted molar refractivity (Wildman–Crippen MR) is 89.9 cm³/mol. The Morgan fingerprint density at radius 1 is 0.800 bits per heavy atom. The van der Waals surface area contributed by atoms with E-state index in [-0.39, 0.29) is 0 Å². The molecule has 122 valence electrons. The van der Waals surface area contributed by atoms with Crippen LogP contribution in [0, 0.1) is 0 Å². The summed E-state index contributed by atoms with van der Waals surface area (Å²) in [5.74, 6) is 0. The summed E-state index contributed by atoms with van der Waals surface area (Å²) in [6.45, 7) is 5.15. The van der Waals surface area contributed by atoms with E-state index in [0.29, 0.717) is 10.9 Å². The lowest BCUT2D eigenvalue weighted by molar-refractivity contribution is -0.950. The van der Waals surface area contributed by atoms with Crippen LogP contribution in [0.1, 0.15) is 84.5 Å². The smallest absolute Gasteiger partial charge is 0.279 e. The van der Waals surface area contributed by atoms with Crippen molar-refractivity contribution < 1.29 is 9.59 Å². The Morgan fingerprint density at radius 3 is 1.60 bits per heavy atom. The van der Waals surface area contributed by atoms with Crippen LogP contribution in [0.15, 0.2) is 0 Å². The number of rotatable bonds is 13. The van der Waals surface area contributed by atoms with E-state index in [0.717, 1.165) is 13.0 Å². The van der Waals surface area contributed by atoms with Crippen LogP contribution in [0.25, 0.3) is 0 Å². The van der Waals surface area contributed by atoms with Gasteiger partial charge < -0.3 is 5.11 Å². The molecular formula is C17H37ClNO+. The van der Waals surface area contributed by atoms with E-state index in [4.69, 9.17) is 11.6 Å². The Morgan fingerprint density at radius 2 is 1.20 bits per heavy atom. The van der Waals surface area contributed by atoms with Gasteiger partial charge in [0.05, 0.1) is 20.6 Å². The van der Waals surface area contributed by atoms with Gasteiger partial charge in [-0.25, -0.2) is 0 Å². The Labute approximate surface area is 132 Å². The second kappa shape index (κ2) is 10.9. The summed E-state index contributed by atoms with van der Waals surface area (Å²) in [4.78, 5) is 0. The summed E-state index contributed by atoms with van der Waals surface area (Å²) in [5, 5.41) is 9.02. The number of quaternary nitrogens is 1. The minimum atomic E-state index is -1.11. The third-order valence-electron chi connectivity index (χ3n) is 4.45. The van der Waals surface area contributed by atoms with E-state index >= 15 is 0 Å². The maximum absolute atomic E-state index is 10.1. The van der Waals surface area contributed by atoms with Crippen molar-refractivity contribution in [1.82, 2.24) is 0 Å². The van der Waals surface area contributed by atoms with E-state index in [1.165, 1.54) is 57.8 Å². The average Bonchev–Trinajstić information content (AvgIpc) is 2.40. The average molecular weight is 307 g/mol. The molecule has 0 aliphatic carbocycles. The molecule has 0 aromatic rings. The molecule has 20 heavy (non-hydrogen) atoms. The molecule has 0 spiro atoms. The molecule has 1 atom stereocenters. The van der Waals surface area contributed by atoms with Gasteiger partial charge in [0.25, 0.3) is 5.18 Å². The maximum atomic E-state index is 10.1. The highest BCUT2D eigenvalue weighted by atomic mass is 35.5. The van der Waals surface area contributed by atoms with E-state index in [2.05, 4.69) is 6.92 Å². The molecule has 0 saturated carbocycles. The molecule has 0 aromatic heterocycles. The zero-order chi connectivity index (χ0) is 15.5. The fourth-order valence-electron chi connectivity index (χ4n) is 2.59. The third kappa shape index (κ3) is 8.49. The normalized spacial score (nSPS) is 15.3. The van der Waals surface area contributed by atoms with Gasteiger partial charge in [-0.2, -0.15) is 0 Å². The molecule has 1 unspecified atom stereocenters. The highest BCUT2D eigenvalue weighted by molar-refractivity contribution is 6.21. The molecule has 3 heteroatoms. The van der Waals surface area contributed by atoms with Crippen molar-refractivity contribution in [2.24, 2.45) is 0 Å². The summed E-state index contributed by atoms with van der Waals surface area (Å²) in [6, 6.07) is 0. The molecule has 0 fully saturated rings. The Balaban J connectivity index is 3.48. The molecule has 0 saturated heterocycles. The highest BCUT2D eigenvalue weighted by Crippen LogP contribution is 2.27. The molecule has 1 N–H and O–H groups in total. The number of alkyl halides is 1. The lowest BCUT2D eigenvalue weighted by Crippen LogP contribution is -2.56. The van der Waals surface area contributed by atoms with Crippen molar-refractivity contribution in [3.8, 4) is 0 Å². The number of aliphatic hydroxyl groups is 1. The summed E-state index contributed by atoms with van der Waals surface area (Å²) >= 11 is 6.16. The third-order valence-corrected chi connectivity index (χ3v) is 5.17. The molecule has 0 amide bonds. The Hall–Kier alpha value is 0.210. The van der Waals surface area contributed by atoms with Gasteiger partial charge in [0.1, 0.15) is 0 Å². The van der Waals surface area contributed by atoms with E-state index in [9.17, 15) is 5.11 Å². The van der Waals surface area contributed by atoms with Crippen LogP contribution in [0.3, 0.4) is 0 Å². The first kappa shape index (κ1) is 20.2. The van der Waals surface area contributed by atoms with Crippen LogP contribution in [0.2, 0.25) is 0 Å². The number of hydrogen-bond donors (Lipinski definition) is 1. The molecule has 0 bridgehead atoms. The Bertz CT molecular complexity index is 229. The molecule has 0 rings (SSSR count). The lowest BCUT2D eigenvalue weighted by Gasteiger charge is -2.40. The van der Waals surface area contributed by atoms with Gasteiger partial charge in [-0.1, -0.05) is 65.2 Å². The molecule has 0 heterocycles. The van der Waals surface area contributed by atoms with Crippen molar-refractivity contribution in [3.05, 3.63) is 0 Å². The monoisotopic (exact) mass is 306 g/mol. The van der Waals surface area contributed by atoms with Crippen molar-refractivity contribution >= 4 is 11.6 Å². The molecule has 0 aliphatic heterocycles. The summed E-state index contributed by atoms with van der Waals surface area (Å²) in [7, 11) is 4.04. The van der Waals surface area contributed by atoms with Gasteiger partial charge in [-0.15, -0.1) is 0 Å². The minimum Gasteiger partial charge on any atom is -0.330 e. The largest absolute Gasteiger partial charge is 0.330 e. The maximum Gasteiger partial charge on any atom is 0.279 e. The number of nitrogens with zero attached hydrogens (tertiary/aromatic N) is 1. The van der Waals surface area contributed by atoms with E-state index in [1.54, 1.807) is 0 Å².